The summed E-state index contributed by atoms with van der Waals surface area (Å²) >= 11 is 0. The van der Waals surface area contributed by atoms with Crippen molar-refractivity contribution in [3.05, 3.63) is 89.2 Å². The van der Waals surface area contributed by atoms with E-state index in [2.05, 4.69) is 14.7 Å². The fourth-order valence-electron chi connectivity index (χ4n) is 4.39. The van der Waals surface area contributed by atoms with Crippen LogP contribution in [-0.4, -0.2) is 18.4 Å². The highest BCUT2D eigenvalue weighted by molar-refractivity contribution is 7.70. The minimum absolute atomic E-state index is 0.0389. The molecule has 5 nitrogen and oxygen atoms in total. The number of nitrogens with one attached hydrogen (secondary N) is 2. The maximum atomic E-state index is 14.7. The molecule has 13 heteroatoms. The Balaban J connectivity index is 1.65. The van der Waals surface area contributed by atoms with Gasteiger partial charge >= 0.3 is 12.4 Å². The zero-order valence-electron chi connectivity index (χ0n) is 19.4. The van der Waals surface area contributed by atoms with Gasteiger partial charge in [-0.3, -0.25) is 0 Å². The van der Waals surface area contributed by atoms with Crippen molar-refractivity contribution < 1.29 is 39.2 Å². The molecule has 202 valence electrons. The predicted molar refractivity (Wildman–Crippen MR) is 132 cm³/mol. The van der Waals surface area contributed by atoms with Crippen molar-refractivity contribution in [1.82, 2.24) is 14.7 Å². The summed E-state index contributed by atoms with van der Waals surface area (Å²) in [6, 6.07) is 14.7. The number of imidazole rings is 1. The predicted octanol–water partition coefficient (Wildman–Crippen LogP) is 6.84. The van der Waals surface area contributed by atoms with Gasteiger partial charge in [0.1, 0.15) is 17.2 Å². The van der Waals surface area contributed by atoms with E-state index in [0.717, 1.165) is 0 Å². The Kier molecular flexibility index (Phi) is 6.59. The van der Waals surface area contributed by atoms with Crippen LogP contribution in [0.1, 0.15) is 16.7 Å². The van der Waals surface area contributed by atoms with E-state index in [9.17, 15) is 39.2 Å². The van der Waals surface area contributed by atoms with Gasteiger partial charge in [0.05, 0.1) is 16.6 Å². The number of benzene rings is 4. The summed E-state index contributed by atoms with van der Waals surface area (Å²) in [5.41, 5.74) is -2.58. The van der Waals surface area contributed by atoms with Crippen LogP contribution in [0, 0.1) is 5.82 Å². The summed E-state index contributed by atoms with van der Waals surface area (Å²) < 4.78 is 119. The third-order valence-corrected chi connectivity index (χ3v) is 6.58. The number of hydrogen-bond donors (Lipinski definition) is 3. The number of alkyl halides is 6. The molecule has 0 atom stereocenters. The van der Waals surface area contributed by atoms with Crippen LogP contribution in [0.25, 0.3) is 44.3 Å². The van der Waals surface area contributed by atoms with E-state index >= 15 is 0 Å². The van der Waals surface area contributed by atoms with E-state index in [1.807, 2.05) is 0 Å². The van der Waals surface area contributed by atoms with E-state index in [1.54, 1.807) is 36.4 Å². The molecule has 0 amide bonds. The zero-order chi connectivity index (χ0) is 28.1. The molecule has 0 bridgehead atoms. The van der Waals surface area contributed by atoms with E-state index in [-0.39, 0.29) is 24.0 Å². The summed E-state index contributed by atoms with van der Waals surface area (Å²) in [5, 5.41) is 1.09. The van der Waals surface area contributed by atoms with Gasteiger partial charge in [0.25, 0.3) is 0 Å². The van der Waals surface area contributed by atoms with Gasteiger partial charge in [-0.15, -0.1) is 0 Å². The van der Waals surface area contributed by atoms with Gasteiger partial charge in [0.2, 0.25) is 10.9 Å². The van der Waals surface area contributed by atoms with E-state index < -0.39 is 51.2 Å². The highest BCUT2D eigenvalue weighted by atomic mass is 32.2. The Bertz CT molecular complexity index is 1800. The molecule has 0 aliphatic heterocycles. The van der Waals surface area contributed by atoms with Crippen LogP contribution in [0.5, 0.6) is 0 Å². The first-order valence-corrected chi connectivity index (χ1v) is 12.4. The van der Waals surface area contributed by atoms with Crippen molar-refractivity contribution in [1.29, 1.82) is 0 Å². The zero-order valence-corrected chi connectivity index (χ0v) is 20.3. The molecule has 0 unspecified atom stereocenters. The summed E-state index contributed by atoms with van der Waals surface area (Å²) in [6.07, 6.45) is -10.1. The Morgan fingerprint density at radius 2 is 1.49 bits per heavy atom. The van der Waals surface area contributed by atoms with Gasteiger partial charge in [0, 0.05) is 17.7 Å². The lowest BCUT2D eigenvalue weighted by Gasteiger charge is -2.12. The van der Waals surface area contributed by atoms with Crippen LogP contribution < -0.4 is 4.72 Å². The summed E-state index contributed by atoms with van der Waals surface area (Å²) in [7, 11) is -2.91. The number of fused-ring (bicyclic) bond motifs is 2. The van der Waals surface area contributed by atoms with E-state index in [4.69, 9.17) is 0 Å². The molecule has 0 radical (unpaired) electrons. The number of halogens is 7. The van der Waals surface area contributed by atoms with Crippen molar-refractivity contribution in [2.75, 3.05) is 0 Å². The first kappa shape index (κ1) is 26.6. The van der Waals surface area contributed by atoms with Gasteiger partial charge < -0.3 is 4.98 Å². The quantitative estimate of drug-likeness (QED) is 0.161. The molecule has 0 saturated carbocycles. The molecule has 0 fully saturated rings. The lowest BCUT2D eigenvalue weighted by Crippen LogP contribution is -2.11. The molecule has 1 heterocycles. The average molecular weight is 567 g/mol. The molecule has 4 aromatic carbocycles. The van der Waals surface area contributed by atoms with Crippen LogP contribution in [0.2, 0.25) is 0 Å². The van der Waals surface area contributed by atoms with Gasteiger partial charge in [-0.1, -0.05) is 42.5 Å². The summed E-state index contributed by atoms with van der Waals surface area (Å²) in [4.78, 5) is 6.63. The number of H-pyrrole nitrogens is 1. The average Bonchev–Trinajstić information content (AvgIpc) is 3.29. The molecule has 0 aliphatic carbocycles. The highest BCUT2D eigenvalue weighted by Gasteiger charge is 2.39. The number of aromatic nitrogens is 2. The van der Waals surface area contributed by atoms with Gasteiger partial charge in [-0.05, 0) is 46.2 Å². The molecule has 0 aliphatic rings. The lowest BCUT2D eigenvalue weighted by molar-refractivity contribution is -0.142. The first-order chi connectivity index (χ1) is 18.3. The van der Waals surface area contributed by atoms with Gasteiger partial charge in [-0.2, -0.15) is 26.3 Å². The van der Waals surface area contributed by atoms with Gasteiger partial charge in [-0.25, -0.2) is 22.5 Å². The highest BCUT2D eigenvalue weighted by Crippen LogP contribution is 2.41. The second kappa shape index (κ2) is 9.65. The maximum absolute atomic E-state index is 14.7. The third-order valence-electron chi connectivity index (χ3n) is 6.16. The van der Waals surface area contributed by atoms with Crippen molar-refractivity contribution in [3.8, 4) is 22.5 Å². The second-order valence-electron chi connectivity index (χ2n) is 8.61. The first-order valence-electron chi connectivity index (χ1n) is 11.2. The molecular weight excluding hydrogens is 551 g/mol. The number of thiol groups is 1. The van der Waals surface area contributed by atoms with E-state index in [0.29, 0.717) is 33.5 Å². The second-order valence-corrected chi connectivity index (χ2v) is 9.44. The van der Waals surface area contributed by atoms with Crippen LogP contribution in [0.4, 0.5) is 30.7 Å². The minimum atomic E-state index is -5.08. The van der Waals surface area contributed by atoms with Crippen LogP contribution in [0.3, 0.4) is 0 Å². The fourth-order valence-corrected chi connectivity index (χ4v) is 4.69. The van der Waals surface area contributed by atoms with Crippen molar-refractivity contribution >= 4 is 32.7 Å². The third kappa shape index (κ3) is 5.19. The monoisotopic (exact) mass is 567 g/mol. The minimum Gasteiger partial charge on any atom is -0.338 e. The number of hydrogen-bond acceptors (Lipinski definition) is 3. The number of nitrogens with zero attached hydrogens (tertiary/aromatic N) is 1. The number of rotatable bonds is 5. The van der Waals surface area contributed by atoms with Crippen molar-refractivity contribution in [3.63, 3.8) is 0 Å². The topological polar surface area (TPSA) is 74.8 Å². The SMILES string of the molecule is O=[SH](=O)NCc1ccc(-c2ccc(-c3nc4c(C(F)(F)F)cc(C(F)(F)F)cc4[nH]3)c3ccccc23)cc1F. The fraction of sp³-hybridized carbons (Fsp3) is 0.115. The Labute approximate surface area is 217 Å². The van der Waals surface area contributed by atoms with Crippen LogP contribution >= 0.6 is 0 Å². The largest absolute Gasteiger partial charge is 0.418 e. The van der Waals surface area contributed by atoms with Crippen LogP contribution in [0.15, 0.2) is 66.7 Å². The molecule has 39 heavy (non-hydrogen) atoms. The van der Waals surface area contributed by atoms with Crippen molar-refractivity contribution in [2.24, 2.45) is 0 Å². The molecule has 0 saturated heterocycles. The van der Waals surface area contributed by atoms with Crippen molar-refractivity contribution in [2.45, 2.75) is 18.9 Å². The normalized spacial score (nSPS) is 12.6. The van der Waals surface area contributed by atoms with Crippen LogP contribution in [-0.2, 0) is 29.8 Å². The molecule has 1 aromatic heterocycles. The molecular formula is C26H16F7N3O2S. The molecule has 5 aromatic rings. The Hall–Kier alpha value is -3.97. The Morgan fingerprint density at radius 3 is 2.10 bits per heavy atom. The smallest absolute Gasteiger partial charge is 0.338 e. The molecule has 0 spiro atoms. The standard InChI is InChI=1S/C26H16F7N3O2S/c27-21-9-13(5-6-14(21)12-34-39(37)38)16-7-8-19(18-4-2-1-3-17(16)18)24-35-22-11-15(25(28,29)30)10-20(23(22)36-24)26(31,32)33/h1-11,39H,12H2,(H,35,36)(H,34,37,38). The summed E-state index contributed by atoms with van der Waals surface area (Å²) in [5.74, 6) is -0.723. The summed E-state index contributed by atoms with van der Waals surface area (Å²) in [6.45, 7) is -0.230. The molecule has 5 rings (SSSR count). The maximum Gasteiger partial charge on any atom is 0.418 e. The van der Waals surface area contributed by atoms with E-state index in [1.165, 1.54) is 18.2 Å². The number of aromatic amines is 1. The lowest BCUT2D eigenvalue weighted by atomic mass is 9.94. The molecule has 2 N–H and O–H groups in total. The van der Waals surface area contributed by atoms with Gasteiger partial charge in [0.15, 0.2) is 0 Å². The Morgan fingerprint density at radius 1 is 0.821 bits per heavy atom.